The Balaban J connectivity index is 1.40. The van der Waals surface area contributed by atoms with E-state index >= 15 is 0 Å². The Morgan fingerprint density at radius 3 is 2.63 bits per heavy atom. The monoisotopic (exact) mass is 527 g/mol. The maximum atomic E-state index is 12.2. The highest BCUT2D eigenvalue weighted by Gasteiger charge is 2.30. The molecule has 2 atom stereocenters. The van der Waals surface area contributed by atoms with E-state index in [0.29, 0.717) is 48.2 Å². The molecule has 3 aromatic rings. The number of nitro benzene ring substituents is 1. The number of benzene rings is 1. The first-order valence-corrected chi connectivity index (χ1v) is 11.5. The van der Waals surface area contributed by atoms with E-state index in [0.717, 1.165) is 0 Å². The van der Waals surface area contributed by atoms with Gasteiger partial charge in [0.25, 0.3) is 5.69 Å². The summed E-state index contributed by atoms with van der Waals surface area (Å²) in [7, 11) is 2.98. The van der Waals surface area contributed by atoms with Gasteiger partial charge in [-0.2, -0.15) is 0 Å². The SMILES string of the molecule is COC(=O)C1COC[C@H](Oc2ccc(-c3nnn(C)c3COC(=O)Oc3ccc([N+](=O)[O-])cc3)nc2C)C1. The number of hydrogen-bond acceptors (Lipinski definition) is 12. The number of ether oxygens (including phenoxy) is 5. The second-order valence-electron chi connectivity index (χ2n) is 8.41. The van der Waals surface area contributed by atoms with E-state index in [1.54, 1.807) is 26.1 Å². The van der Waals surface area contributed by atoms with Crippen LogP contribution >= 0.6 is 0 Å². The van der Waals surface area contributed by atoms with Crippen LogP contribution in [0, 0.1) is 23.0 Å². The lowest BCUT2D eigenvalue weighted by atomic mass is 10.0. The second-order valence-corrected chi connectivity index (χ2v) is 8.41. The number of aryl methyl sites for hydroxylation is 2. The molecule has 0 spiro atoms. The third-order valence-corrected chi connectivity index (χ3v) is 5.80. The van der Waals surface area contributed by atoms with Gasteiger partial charge in [-0.05, 0) is 31.2 Å². The van der Waals surface area contributed by atoms with Crippen LogP contribution in [0.4, 0.5) is 10.5 Å². The number of carbonyl (C=O) groups is 2. The van der Waals surface area contributed by atoms with Crippen molar-refractivity contribution < 1.29 is 38.2 Å². The van der Waals surface area contributed by atoms with Crippen LogP contribution in [-0.4, -0.2) is 63.5 Å². The van der Waals surface area contributed by atoms with E-state index in [9.17, 15) is 19.7 Å². The minimum absolute atomic E-state index is 0.0955. The number of hydrogen-bond donors (Lipinski definition) is 0. The number of esters is 1. The first kappa shape index (κ1) is 26.5. The quantitative estimate of drug-likeness (QED) is 0.182. The van der Waals surface area contributed by atoms with Crippen molar-refractivity contribution in [2.75, 3.05) is 20.3 Å². The molecule has 0 amide bonds. The molecule has 3 heterocycles. The smallest absolute Gasteiger partial charge is 0.486 e. The normalized spacial score (nSPS) is 16.9. The van der Waals surface area contributed by atoms with Crippen molar-refractivity contribution >= 4 is 17.8 Å². The van der Waals surface area contributed by atoms with Gasteiger partial charge in [0.2, 0.25) is 0 Å². The summed E-state index contributed by atoms with van der Waals surface area (Å²) in [6.45, 7) is 2.20. The van der Waals surface area contributed by atoms with Crippen LogP contribution in [-0.2, 0) is 32.7 Å². The van der Waals surface area contributed by atoms with Crippen molar-refractivity contribution in [3.63, 3.8) is 0 Å². The van der Waals surface area contributed by atoms with Gasteiger partial charge in [0.15, 0.2) is 0 Å². The van der Waals surface area contributed by atoms with Crippen molar-refractivity contribution in [2.24, 2.45) is 13.0 Å². The molecule has 0 radical (unpaired) electrons. The molecular formula is C24H25N5O9. The molecule has 1 saturated heterocycles. The fourth-order valence-corrected chi connectivity index (χ4v) is 3.82. The first-order valence-electron chi connectivity index (χ1n) is 11.5. The number of methoxy groups -OCH3 is 1. The highest BCUT2D eigenvalue weighted by atomic mass is 16.7. The zero-order valence-electron chi connectivity index (χ0n) is 20.9. The third-order valence-electron chi connectivity index (χ3n) is 5.80. The lowest BCUT2D eigenvalue weighted by Gasteiger charge is -2.28. The van der Waals surface area contributed by atoms with Crippen molar-refractivity contribution in [1.29, 1.82) is 0 Å². The third kappa shape index (κ3) is 6.21. The first-order chi connectivity index (χ1) is 18.2. The Morgan fingerprint density at radius 1 is 1.18 bits per heavy atom. The van der Waals surface area contributed by atoms with Crippen molar-refractivity contribution in [1.82, 2.24) is 20.0 Å². The van der Waals surface area contributed by atoms with Gasteiger partial charge >= 0.3 is 12.1 Å². The Hall–Kier alpha value is -4.59. The fourth-order valence-electron chi connectivity index (χ4n) is 3.82. The average Bonchev–Trinajstić information content (AvgIpc) is 3.28. The summed E-state index contributed by atoms with van der Waals surface area (Å²) in [6, 6.07) is 8.45. The average molecular weight is 527 g/mol. The molecule has 1 aromatic carbocycles. The summed E-state index contributed by atoms with van der Waals surface area (Å²) < 4.78 is 28.0. The number of carbonyl (C=O) groups excluding carboxylic acids is 2. The van der Waals surface area contributed by atoms with Crippen molar-refractivity contribution in [2.45, 2.75) is 26.1 Å². The standard InChI is InChI=1S/C24H25N5O9/c1-14-21(37-18-10-15(11-35-12-18)23(30)34-3)9-8-19(25-14)22-20(28(2)27-26-22)13-36-24(31)38-17-6-4-16(5-7-17)29(32)33/h4-9,15,18H,10-13H2,1-3H3/t15?,18-/m1/s1. The molecule has 0 saturated carbocycles. The number of nitro groups is 1. The Bertz CT molecular complexity index is 1330. The fraction of sp³-hybridized carbons (Fsp3) is 0.375. The van der Waals surface area contributed by atoms with E-state index in [-0.39, 0.29) is 36.0 Å². The number of pyridine rings is 1. The van der Waals surface area contributed by atoms with E-state index in [1.807, 2.05) is 0 Å². The topological polar surface area (TPSA) is 167 Å². The van der Waals surface area contributed by atoms with Crippen LogP contribution in [0.25, 0.3) is 11.4 Å². The molecule has 14 heteroatoms. The minimum atomic E-state index is -1.00. The number of non-ortho nitro benzene ring substituents is 1. The van der Waals surface area contributed by atoms with Gasteiger partial charge in [0.05, 0.1) is 42.6 Å². The molecule has 38 heavy (non-hydrogen) atoms. The summed E-state index contributed by atoms with van der Waals surface area (Å²) >= 11 is 0. The largest absolute Gasteiger partial charge is 0.514 e. The van der Waals surface area contributed by atoms with Gasteiger partial charge in [0, 0.05) is 25.6 Å². The van der Waals surface area contributed by atoms with Crippen LogP contribution in [0.2, 0.25) is 0 Å². The Kier molecular flexibility index (Phi) is 8.11. The van der Waals surface area contributed by atoms with Crippen LogP contribution in [0.5, 0.6) is 11.5 Å². The molecule has 0 N–H and O–H groups in total. The minimum Gasteiger partial charge on any atom is -0.486 e. The zero-order valence-corrected chi connectivity index (χ0v) is 20.9. The molecule has 1 aliphatic rings. The van der Waals surface area contributed by atoms with E-state index in [1.165, 1.54) is 36.1 Å². The highest BCUT2D eigenvalue weighted by Crippen LogP contribution is 2.27. The maximum absolute atomic E-state index is 12.2. The second kappa shape index (κ2) is 11.6. The predicted molar refractivity (Wildman–Crippen MR) is 128 cm³/mol. The van der Waals surface area contributed by atoms with E-state index in [4.69, 9.17) is 23.7 Å². The summed E-state index contributed by atoms with van der Waals surface area (Å²) in [5.74, 6) is -0.0996. The maximum Gasteiger partial charge on any atom is 0.514 e. The molecule has 14 nitrogen and oxygen atoms in total. The van der Waals surface area contributed by atoms with Crippen molar-refractivity contribution in [3.05, 3.63) is 57.9 Å². The highest BCUT2D eigenvalue weighted by molar-refractivity contribution is 5.72. The summed E-state index contributed by atoms with van der Waals surface area (Å²) in [5.41, 5.74) is 1.80. The van der Waals surface area contributed by atoms with Gasteiger partial charge in [0.1, 0.15) is 35.6 Å². The Morgan fingerprint density at radius 2 is 1.95 bits per heavy atom. The number of nitrogens with zero attached hydrogens (tertiary/aromatic N) is 5. The molecule has 4 rings (SSSR count). The van der Waals surface area contributed by atoms with Crippen LogP contribution in [0.3, 0.4) is 0 Å². The van der Waals surface area contributed by atoms with Crippen molar-refractivity contribution in [3.8, 4) is 22.9 Å². The van der Waals surface area contributed by atoms with E-state index in [2.05, 4.69) is 15.3 Å². The Labute approximate surface area is 216 Å². The van der Waals surface area contributed by atoms with Gasteiger partial charge in [-0.25, -0.2) is 14.5 Å². The van der Waals surface area contributed by atoms with Crippen LogP contribution in [0.15, 0.2) is 36.4 Å². The lowest BCUT2D eigenvalue weighted by molar-refractivity contribution is -0.384. The summed E-state index contributed by atoms with van der Waals surface area (Å²) in [4.78, 5) is 38.8. The molecule has 200 valence electrons. The molecular weight excluding hydrogens is 502 g/mol. The van der Waals surface area contributed by atoms with Crippen LogP contribution < -0.4 is 9.47 Å². The molecule has 1 unspecified atom stereocenters. The van der Waals surface area contributed by atoms with Gasteiger partial charge in [-0.15, -0.1) is 5.10 Å². The van der Waals surface area contributed by atoms with Gasteiger partial charge in [-0.1, -0.05) is 5.21 Å². The molecule has 1 aliphatic heterocycles. The summed E-state index contributed by atoms with van der Waals surface area (Å²) in [5, 5.41) is 18.9. The van der Waals surface area contributed by atoms with Gasteiger partial charge < -0.3 is 23.7 Å². The number of aromatic nitrogens is 4. The molecule has 0 aliphatic carbocycles. The predicted octanol–water partition coefficient (Wildman–Crippen LogP) is 2.77. The van der Waals surface area contributed by atoms with Crippen LogP contribution in [0.1, 0.15) is 17.8 Å². The van der Waals surface area contributed by atoms with Gasteiger partial charge in [-0.3, -0.25) is 14.9 Å². The zero-order chi connectivity index (χ0) is 27.2. The summed E-state index contributed by atoms with van der Waals surface area (Å²) in [6.07, 6.45) is -0.865. The molecule has 1 fully saturated rings. The lowest BCUT2D eigenvalue weighted by Crippen LogP contribution is -2.37. The molecule has 0 bridgehead atoms. The number of rotatable bonds is 8. The van der Waals surface area contributed by atoms with E-state index < -0.39 is 11.1 Å². The molecule has 2 aromatic heterocycles.